The zero-order valence-corrected chi connectivity index (χ0v) is 18.0. The maximum atomic E-state index is 13.2. The molecule has 6 heteroatoms. The van der Waals surface area contributed by atoms with Crippen LogP contribution in [0.4, 0.5) is 5.69 Å². The Kier molecular flexibility index (Phi) is 6.16. The first kappa shape index (κ1) is 20.8. The Morgan fingerprint density at radius 3 is 2.61 bits per heavy atom. The number of rotatable bonds is 5. The molecule has 0 bridgehead atoms. The van der Waals surface area contributed by atoms with Crippen molar-refractivity contribution in [1.82, 2.24) is 14.7 Å². The lowest BCUT2D eigenvalue weighted by Gasteiger charge is -2.32. The summed E-state index contributed by atoms with van der Waals surface area (Å²) in [5.74, 6) is -0.245. The zero-order chi connectivity index (χ0) is 21.8. The second kappa shape index (κ2) is 9.16. The van der Waals surface area contributed by atoms with Gasteiger partial charge in [-0.05, 0) is 62.6 Å². The molecule has 3 aromatic rings. The molecule has 0 saturated carbocycles. The van der Waals surface area contributed by atoms with E-state index in [2.05, 4.69) is 10.4 Å². The number of aryl methyl sites for hydroxylation is 2. The zero-order valence-electron chi connectivity index (χ0n) is 18.0. The van der Waals surface area contributed by atoms with Crippen LogP contribution >= 0.6 is 0 Å². The molecule has 1 unspecified atom stereocenters. The highest BCUT2D eigenvalue weighted by molar-refractivity contribution is 5.96. The molecule has 6 nitrogen and oxygen atoms in total. The van der Waals surface area contributed by atoms with E-state index in [9.17, 15) is 9.59 Å². The van der Waals surface area contributed by atoms with E-state index < -0.39 is 0 Å². The molecule has 4 rings (SSSR count). The van der Waals surface area contributed by atoms with E-state index in [1.165, 1.54) is 0 Å². The highest BCUT2D eigenvalue weighted by atomic mass is 16.2. The largest absolute Gasteiger partial charge is 0.338 e. The van der Waals surface area contributed by atoms with Crippen LogP contribution < -0.4 is 5.32 Å². The first-order chi connectivity index (χ1) is 15.0. The molecule has 0 radical (unpaired) electrons. The molecule has 1 N–H and O–H groups in total. The normalized spacial score (nSPS) is 16.2. The van der Waals surface area contributed by atoms with Gasteiger partial charge in [0.25, 0.3) is 5.91 Å². The van der Waals surface area contributed by atoms with E-state index >= 15 is 0 Å². The van der Waals surface area contributed by atoms with Gasteiger partial charge in [0.1, 0.15) is 0 Å². The van der Waals surface area contributed by atoms with E-state index in [0.29, 0.717) is 25.2 Å². The smallest absolute Gasteiger partial charge is 0.253 e. The fraction of sp³-hybridized carbons (Fsp3) is 0.320. The minimum atomic E-state index is -0.198. The third-order valence-corrected chi connectivity index (χ3v) is 5.73. The Bertz CT molecular complexity index is 1070. The molecule has 0 aliphatic carbocycles. The van der Waals surface area contributed by atoms with Gasteiger partial charge in [-0.15, -0.1) is 0 Å². The number of likely N-dealkylation sites (tertiary alicyclic amines) is 1. The van der Waals surface area contributed by atoms with Crippen molar-refractivity contribution in [1.29, 1.82) is 0 Å². The summed E-state index contributed by atoms with van der Waals surface area (Å²) < 4.78 is 1.95. The molecule has 1 aliphatic heterocycles. The molecule has 1 aliphatic rings. The van der Waals surface area contributed by atoms with Crippen molar-refractivity contribution in [2.24, 2.45) is 5.92 Å². The van der Waals surface area contributed by atoms with E-state index in [0.717, 1.165) is 35.5 Å². The van der Waals surface area contributed by atoms with Gasteiger partial charge >= 0.3 is 0 Å². The predicted molar refractivity (Wildman–Crippen MR) is 121 cm³/mol. The van der Waals surface area contributed by atoms with Crippen LogP contribution in [0, 0.1) is 19.8 Å². The quantitative estimate of drug-likeness (QED) is 0.683. The Morgan fingerprint density at radius 1 is 1.06 bits per heavy atom. The number of hydrogen-bond acceptors (Lipinski definition) is 3. The number of anilines is 1. The predicted octanol–water partition coefficient (Wildman–Crippen LogP) is 4.04. The van der Waals surface area contributed by atoms with Crippen LogP contribution in [0.3, 0.4) is 0 Å². The van der Waals surface area contributed by atoms with Gasteiger partial charge in [0.2, 0.25) is 5.91 Å². The van der Waals surface area contributed by atoms with Gasteiger partial charge in [0.15, 0.2) is 0 Å². The summed E-state index contributed by atoms with van der Waals surface area (Å²) in [5, 5.41) is 7.48. The Labute approximate surface area is 182 Å². The van der Waals surface area contributed by atoms with Crippen molar-refractivity contribution in [3.8, 4) is 0 Å². The van der Waals surface area contributed by atoms with Crippen molar-refractivity contribution in [3.63, 3.8) is 0 Å². The van der Waals surface area contributed by atoms with Gasteiger partial charge in [-0.3, -0.25) is 14.3 Å². The summed E-state index contributed by atoms with van der Waals surface area (Å²) in [7, 11) is 0. The standard InChI is InChI=1S/C25H28N4O2/c1-18-14-19(2)29(27-18)16-20-8-6-9-21(15-20)25(31)28-13-7-10-22(17-28)24(30)26-23-11-4-3-5-12-23/h3-6,8-9,11-12,14-15,22H,7,10,13,16-17H2,1-2H3,(H,26,30). The molecule has 2 heterocycles. The van der Waals surface area contributed by atoms with Gasteiger partial charge in [0, 0.05) is 30.0 Å². The summed E-state index contributed by atoms with van der Waals surface area (Å²) in [6, 6.07) is 19.2. The molecular weight excluding hydrogens is 388 g/mol. The topological polar surface area (TPSA) is 67.2 Å². The number of hydrogen-bond donors (Lipinski definition) is 1. The lowest BCUT2D eigenvalue weighted by Crippen LogP contribution is -2.43. The maximum absolute atomic E-state index is 13.2. The molecule has 1 fully saturated rings. The van der Waals surface area contributed by atoms with Gasteiger partial charge in [-0.1, -0.05) is 30.3 Å². The molecule has 0 spiro atoms. The lowest BCUT2D eigenvalue weighted by atomic mass is 9.96. The van der Waals surface area contributed by atoms with Crippen LogP contribution in [0.2, 0.25) is 0 Å². The fourth-order valence-electron chi connectivity index (χ4n) is 4.13. The summed E-state index contributed by atoms with van der Waals surface area (Å²) in [6.07, 6.45) is 1.62. The highest BCUT2D eigenvalue weighted by Gasteiger charge is 2.29. The highest BCUT2D eigenvalue weighted by Crippen LogP contribution is 2.21. The summed E-state index contributed by atoms with van der Waals surface area (Å²) in [4.78, 5) is 27.7. The van der Waals surface area contributed by atoms with Crippen LogP contribution in [0.15, 0.2) is 60.7 Å². The number of benzene rings is 2. The Balaban J connectivity index is 1.43. The molecule has 1 atom stereocenters. The molecule has 160 valence electrons. The van der Waals surface area contributed by atoms with E-state index in [1.54, 1.807) is 4.90 Å². The molecule has 2 aromatic carbocycles. The SMILES string of the molecule is Cc1cc(C)n(Cc2cccc(C(=O)N3CCCC(C(=O)Nc4ccccc4)C3)c2)n1. The number of carbonyl (C=O) groups excluding carboxylic acids is 2. The number of para-hydroxylation sites is 1. The second-order valence-corrected chi connectivity index (χ2v) is 8.23. The molecular formula is C25H28N4O2. The molecule has 2 amide bonds. The maximum Gasteiger partial charge on any atom is 0.253 e. The van der Waals surface area contributed by atoms with Crippen LogP contribution in [0.5, 0.6) is 0 Å². The van der Waals surface area contributed by atoms with Gasteiger partial charge in [0.05, 0.1) is 18.2 Å². The number of aromatic nitrogens is 2. The second-order valence-electron chi connectivity index (χ2n) is 8.23. The first-order valence-corrected chi connectivity index (χ1v) is 10.7. The number of carbonyl (C=O) groups is 2. The van der Waals surface area contributed by atoms with E-state index in [4.69, 9.17) is 0 Å². The molecule has 1 saturated heterocycles. The average Bonchev–Trinajstić information content (AvgIpc) is 3.10. The third-order valence-electron chi connectivity index (χ3n) is 5.73. The number of amides is 2. The Morgan fingerprint density at radius 2 is 1.87 bits per heavy atom. The van der Waals surface area contributed by atoms with Crippen LogP contribution in [-0.2, 0) is 11.3 Å². The monoisotopic (exact) mass is 416 g/mol. The van der Waals surface area contributed by atoms with Crippen molar-refractivity contribution < 1.29 is 9.59 Å². The van der Waals surface area contributed by atoms with Crippen molar-refractivity contribution in [2.75, 3.05) is 18.4 Å². The summed E-state index contributed by atoms with van der Waals surface area (Å²) in [6.45, 7) is 5.76. The van der Waals surface area contributed by atoms with E-state index in [1.807, 2.05) is 79.2 Å². The summed E-state index contributed by atoms with van der Waals surface area (Å²) >= 11 is 0. The minimum Gasteiger partial charge on any atom is -0.338 e. The number of nitrogens with one attached hydrogen (secondary N) is 1. The molecule has 1 aromatic heterocycles. The number of nitrogens with zero attached hydrogens (tertiary/aromatic N) is 3. The average molecular weight is 417 g/mol. The first-order valence-electron chi connectivity index (χ1n) is 10.7. The summed E-state index contributed by atoms with van der Waals surface area (Å²) in [5.41, 5.74) is 4.55. The van der Waals surface area contributed by atoms with Gasteiger partial charge in [-0.25, -0.2) is 0 Å². The van der Waals surface area contributed by atoms with Crippen molar-refractivity contribution in [3.05, 3.63) is 83.2 Å². The minimum absolute atomic E-state index is 0.0209. The van der Waals surface area contributed by atoms with Crippen LogP contribution in [-0.4, -0.2) is 39.6 Å². The fourth-order valence-corrected chi connectivity index (χ4v) is 4.13. The Hall–Kier alpha value is -3.41. The number of piperidine rings is 1. The van der Waals surface area contributed by atoms with Crippen LogP contribution in [0.1, 0.15) is 40.2 Å². The van der Waals surface area contributed by atoms with Crippen LogP contribution in [0.25, 0.3) is 0 Å². The van der Waals surface area contributed by atoms with Crippen molar-refractivity contribution in [2.45, 2.75) is 33.2 Å². The lowest BCUT2D eigenvalue weighted by molar-refractivity contribution is -0.121. The van der Waals surface area contributed by atoms with Gasteiger partial charge < -0.3 is 10.2 Å². The van der Waals surface area contributed by atoms with Gasteiger partial charge in [-0.2, -0.15) is 5.10 Å². The van der Waals surface area contributed by atoms with E-state index in [-0.39, 0.29) is 17.7 Å². The molecule has 31 heavy (non-hydrogen) atoms. The van der Waals surface area contributed by atoms with Crippen molar-refractivity contribution >= 4 is 17.5 Å². The third kappa shape index (κ3) is 5.02.